The molecule has 0 bridgehead atoms. The second-order valence-corrected chi connectivity index (χ2v) is 7.54. The van der Waals surface area contributed by atoms with Gasteiger partial charge in [0.05, 0.1) is 22.9 Å². The first-order chi connectivity index (χ1) is 11.1. The Morgan fingerprint density at radius 2 is 1.87 bits per heavy atom. The van der Waals surface area contributed by atoms with E-state index in [1.807, 2.05) is 37.1 Å². The Morgan fingerprint density at radius 3 is 2.61 bits per heavy atom. The number of benzene rings is 1. The normalized spacial score (nSPS) is 11.8. The van der Waals surface area contributed by atoms with E-state index in [9.17, 15) is 0 Å². The minimum atomic E-state index is 0.586. The summed E-state index contributed by atoms with van der Waals surface area (Å²) < 4.78 is 2.16. The van der Waals surface area contributed by atoms with Crippen molar-refractivity contribution in [3.05, 3.63) is 48.5 Å². The molecule has 0 amide bonds. The number of aryl methyl sites for hydroxylation is 1. The summed E-state index contributed by atoms with van der Waals surface area (Å²) in [6, 6.07) is 10.7. The number of imidazole rings is 1. The number of rotatable bonds is 3. The number of thioether (sulfide) groups is 1. The van der Waals surface area contributed by atoms with Crippen molar-refractivity contribution in [1.82, 2.24) is 19.4 Å². The van der Waals surface area contributed by atoms with E-state index in [2.05, 4.69) is 52.5 Å². The maximum Gasteiger partial charge on any atom is 0.154 e. The zero-order valence-corrected chi connectivity index (χ0v) is 14.2. The van der Waals surface area contributed by atoms with Crippen molar-refractivity contribution < 1.29 is 0 Å². The molecular weight excluding hydrogens is 304 g/mol. The number of nitrogens with zero attached hydrogens (tertiary/aromatic N) is 3. The third-order valence-electron chi connectivity index (χ3n) is 3.84. The van der Waals surface area contributed by atoms with Crippen LogP contribution in [0.3, 0.4) is 0 Å². The molecule has 0 fully saturated rings. The smallest absolute Gasteiger partial charge is 0.154 e. The van der Waals surface area contributed by atoms with Crippen molar-refractivity contribution in [3.8, 4) is 11.3 Å². The maximum atomic E-state index is 4.78. The Hall–Kier alpha value is -2.27. The molecule has 0 atom stereocenters. The largest absolute Gasteiger partial charge is 0.345 e. The fourth-order valence-corrected chi connectivity index (χ4v) is 3.75. The van der Waals surface area contributed by atoms with Crippen molar-refractivity contribution in [2.45, 2.75) is 30.9 Å². The first-order valence-corrected chi connectivity index (χ1v) is 8.59. The standard InChI is InChI=1S/C18H18N4S/c1-11(2)23-14-6-4-13(5-7-14)17-16-10-20-18-15(8-9-19-18)22(16)12(3)21-17/h4-11,19H,1-3H3. The molecule has 0 unspecified atom stereocenters. The molecule has 0 aliphatic rings. The molecule has 0 spiro atoms. The third-order valence-corrected chi connectivity index (χ3v) is 4.86. The molecule has 4 rings (SSSR count). The lowest BCUT2D eigenvalue weighted by atomic mass is 10.1. The zero-order chi connectivity index (χ0) is 16.0. The highest BCUT2D eigenvalue weighted by Crippen LogP contribution is 2.30. The van der Waals surface area contributed by atoms with Crippen LogP contribution in [0.15, 0.2) is 47.6 Å². The summed E-state index contributed by atoms with van der Waals surface area (Å²) in [7, 11) is 0. The van der Waals surface area contributed by atoms with E-state index in [-0.39, 0.29) is 0 Å². The third kappa shape index (κ3) is 2.41. The summed E-state index contributed by atoms with van der Waals surface area (Å²) in [6.45, 7) is 6.45. The first kappa shape index (κ1) is 14.3. The maximum absolute atomic E-state index is 4.78. The van der Waals surface area contributed by atoms with E-state index in [0.717, 1.165) is 33.8 Å². The molecule has 0 aliphatic heterocycles. The molecule has 116 valence electrons. The van der Waals surface area contributed by atoms with E-state index >= 15 is 0 Å². The lowest BCUT2D eigenvalue weighted by Gasteiger charge is -2.05. The van der Waals surface area contributed by atoms with Crippen molar-refractivity contribution in [2.75, 3.05) is 0 Å². The van der Waals surface area contributed by atoms with E-state index in [0.29, 0.717) is 5.25 Å². The average molecular weight is 322 g/mol. The molecule has 4 nitrogen and oxygen atoms in total. The second kappa shape index (κ2) is 5.42. The van der Waals surface area contributed by atoms with E-state index in [4.69, 9.17) is 4.98 Å². The lowest BCUT2D eigenvalue weighted by molar-refractivity contribution is 1.07. The van der Waals surface area contributed by atoms with Crippen molar-refractivity contribution in [3.63, 3.8) is 0 Å². The van der Waals surface area contributed by atoms with Gasteiger partial charge in [0.15, 0.2) is 5.65 Å². The van der Waals surface area contributed by atoms with Crippen LogP contribution in [0.25, 0.3) is 27.9 Å². The van der Waals surface area contributed by atoms with Crippen LogP contribution in [-0.4, -0.2) is 24.6 Å². The van der Waals surface area contributed by atoms with Crippen LogP contribution < -0.4 is 0 Å². The van der Waals surface area contributed by atoms with Gasteiger partial charge in [-0.1, -0.05) is 26.0 Å². The Labute approximate surface area is 139 Å². The Bertz CT molecular complexity index is 980. The molecule has 4 aromatic rings. The van der Waals surface area contributed by atoms with Crippen LogP contribution >= 0.6 is 11.8 Å². The topological polar surface area (TPSA) is 46.0 Å². The number of hydrogen-bond donors (Lipinski definition) is 1. The number of hydrogen-bond acceptors (Lipinski definition) is 3. The quantitative estimate of drug-likeness (QED) is 0.557. The van der Waals surface area contributed by atoms with E-state index in [1.165, 1.54) is 4.90 Å². The summed E-state index contributed by atoms with van der Waals surface area (Å²) in [5.74, 6) is 0.975. The van der Waals surface area contributed by atoms with Crippen LogP contribution in [0.2, 0.25) is 0 Å². The van der Waals surface area contributed by atoms with Crippen LogP contribution in [0, 0.1) is 6.92 Å². The van der Waals surface area contributed by atoms with Crippen molar-refractivity contribution >= 4 is 28.4 Å². The molecule has 0 saturated heterocycles. The van der Waals surface area contributed by atoms with Crippen LogP contribution in [0.4, 0.5) is 0 Å². The van der Waals surface area contributed by atoms with Gasteiger partial charge in [-0.15, -0.1) is 11.8 Å². The first-order valence-electron chi connectivity index (χ1n) is 7.72. The van der Waals surface area contributed by atoms with E-state index in [1.54, 1.807) is 0 Å². The molecule has 3 aromatic heterocycles. The summed E-state index contributed by atoms with van der Waals surface area (Å²) in [6.07, 6.45) is 3.80. The molecular formula is C18H18N4S. The summed E-state index contributed by atoms with van der Waals surface area (Å²) in [5.41, 5.74) is 5.09. The fourth-order valence-electron chi connectivity index (χ4n) is 2.91. The van der Waals surface area contributed by atoms with Gasteiger partial charge in [-0.3, -0.25) is 4.40 Å². The molecule has 1 aromatic carbocycles. The molecule has 23 heavy (non-hydrogen) atoms. The summed E-state index contributed by atoms with van der Waals surface area (Å²) >= 11 is 1.87. The van der Waals surface area contributed by atoms with Gasteiger partial charge in [0.1, 0.15) is 5.82 Å². The van der Waals surface area contributed by atoms with Gasteiger partial charge in [-0.05, 0) is 25.1 Å². The molecule has 3 heterocycles. The number of H-pyrrole nitrogens is 1. The number of nitrogens with one attached hydrogen (secondary N) is 1. The van der Waals surface area contributed by atoms with Gasteiger partial charge in [0.25, 0.3) is 0 Å². The molecule has 0 saturated carbocycles. The number of aromatic amines is 1. The van der Waals surface area contributed by atoms with Gasteiger partial charge in [0, 0.05) is 21.9 Å². The second-order valence-electron chi connectivity index (χ2n) is 5.89. The zero-order valence-electron chi connectivity index (χ0n) is 13.4. The molecule has 0 aliphatic carbocycles. The van der Waals surface area contributed by atoms with E-state index < -0.39 is 0 Å². The highest BCUT2D eigenvalue weighted by atomic mass is 32.2. The molecule has 0 radical (unpaired) electrons. The monoisotopic (exact) mass is 322 g/mol. The Balaban J connectivity index is 1.85. The van der Waals surface area contributed by atoms with Gasteiger partial charge in [0.2, 0.25) is 0 Å². The van der Waals surface area contributed by atoms with Gasteiger partial charge in [-0.25, -0.2) is 9.97 Å². The van der Waals surface area contributed by atoms with Gasteiger partial charge < -0.3 is 4.98 Å². The van der Waals surface area contributed by atoms with Gasteiger partial charge >= 0.3 is 0 Å². The van der Waals surface area contributed by atoms with Crippen LogP contribution in [-0.2, 0) is 0 Å². The minimum Gasteiger partial charge on any atom is -0.345 e. The number of aromatic nitrogens is 4. The fraction of sp³-hybridized carbons (Fsp3) is 0.222. The number of fused-ring (bicyclic) bond motifs is 3. The predicted molar refractivity (Wildman–Crippen MR) is 96.0 cm³/mol. The summed E-state index contributed by atoms with van der Waals surface area (Å²) in [4.78, 5) is 13.7. The van der Waals surface area contributed by atoms with Crippen molar-refractivity contribution in [2.24, 2.45) is 0 Å². The SMILES string of the molecule is Cc1nc(-c2ccc(SC(C)C)cc2)c2cnc3[nH]ccc3n12. The van der Waals surface area contributed by atoms with Crippen molar-refractivity contribution in [1.29, 1.82) is 0 Å². The summed E-state index contributed by atoms with van der Waals surface area (Å²) in [5, 5.41) is 0.586. The average Bonchev–Trinajstić information content (AvgIpc) is 3.11. The minimum absolute atomic E-state index is 0.586. The predicted octanol–water partition coefficient (Wildman–Crippen LogP) is 4.69. The molecule has 5 heteroatoms. The highest BCUT2D eigenvalue weighted by molar-refractivity contribution is 7.99. The Morgan fingerprint density at radius 1 is 1.09 bits per heavy atom. The van der Waals surface area contributed by atoms with Crippen LogP contribution in [0.1, 0.15) is 19.7 Å². The molecule has 1 N–H and O–H groups in total. The lowest BCUT2D eigenvalue weighted by Crippen LogP contribution is -1.91. The van der Waals surface area contributed by atoms with Crippen LogP contribution in [0.5, 0.6) is 0 Å². The van der Waals surface area contributed by atoms with Gasteiger partial charge in [-0.2, -0.15) is 0 Å². The highest BCUT2D eigenvalue weighted by Gasteiger charge is 2.13. The Kier molecular flexibility index (Phi) is 3.38.